The summed E-state index contributed by atoms with van der Waals surface area (Å²) in [5.41, 5.74) is -4.38. The van der Waals surface area contributed by atoms with Crippen molar-refractivity contribution < 1.29 is 68.3 Å². The molecule has 0 aliphatic heterocycles. The number of carbonyl (C=O) groups is 3. The van der Waals surface area contributed by atoms with E-state index in [-0.39, 0.29) is 53.0 Å². The third-order valence-electron chi connectivity index (χ3n) is 7.72. The van der Waals surface area contributed by atoms with Crippen LogP contribution in [-0.4, -0.2) is 82.1 Å². The zero-order valence-electron chi connectivity index (χ0n) is 23.0. The fourth-order valence-corrected chi connectivity index (χ4v) is 8.36. The zero-order valence-corrected chi connectivity index (χ0v) is 24.8. The molecule has 2 aliphatic carbocycles. The largest absolute Gasteiger partial charge is 0.507 e. The zero-order chi connectivity index (χ0) is 32.2. The topological polar surface area (TPSA) is 268 Å². The van der Waals surface area contributed by atoms with E-state index in [2.05, 4.69) is 5.32 Å². The van der Waals surface area contributed by atoms with Gasteiger partial charge in [-0.3, -0.25) is 28.8 Å². The number of aromatic hydroxyl groups is 2. The van der Waals surface area contributed by atoms with Crippen LogP contribution in [0.15, 0.2) is 12.1 Å². The highest BCUT2D eigenvalue weighted by Crippen LogP contribution is 2.61. The van der Waals surface area contributed by atoms with Gasteiger partial charge in [0.25, 0.3) is 0 Å². The van der Waals surface area contributed by atoms with Crippen LogP contribution >= 0.6 is 15.2 Å². The van der Waals surface area contributed by atoms with E-state index in [1.165, 1.54) is 26.2 Å². The number of phenols is 2. The molecule has 0 saturated carbocycles. The molecule has 2 aliphatic rings. The number of rotatable bonds is 10. The molecule has 2 unspecified atom stereocenters. The molecule has 0 bridgehead atoms. The van der Waals surface area contributed by atoms with Gasteiger partial charge in [0, 0.05) is 35.1 Å². The molecule has 0 amide bonds. The first-order valence-electron chi connectivity index (χ1n) is 13.0. The Hall–Kier alpha value is -2.97. The number of nitrogens with one attached hydrogen (secondary N) is 1. The van der Waals surface area contributed by atoms with Gasteiger partial charge in [-0.15, -0.1) is 0 Å². The molecule has 4 rings (SSSR count). The van der Waals surface area contributed by atoms with Crippen LogP contribution in [0.5, 0.6) is 17.2 Å². The third-order valence-corrected chi connectivity index (χ3v) is 11.6. The van der Waals surface area contributed by atoms with Crippen LogP contribution < -0.4 is 10.1 Å². The number of Topliss-reactive ketones (excluding diaryl/α,β-unsaturated/α-hetero) is 1. The number of methoxy groups -OCH3 is 1. The van der Waals surface area contributed by atoms with Crippen molar-refractivity contribution in [3.63, 3.8) is 0 Å². The molecule has 17 heteroatoms. The second-order valence-corrected chi connectivity index (χ2v) is 14.6. The average Bonchev–Trinajstić information content (AvgIpc) is 2.88. The standard InChI is InChI=1S/C26H31NO14P2/c1-11(28)12-6-7-15(41-2)19-18(12)24(32)20-21(25(19)33)23(31)17-13(22(20)30)9-26(34,10-14(17)29)27-8-4-3-5-16(42(35,36)37)43(38,39)40/h6-7,14,16,27,29-31,34H,3-5,8-10H2,1-2H3,(H2,35,36,37)(H2,38,39,40). The Morgan fingerprint density at radius 2 is 1.58 bits per heavy atom. The second-order valence-electron chi connectivity index (χ2n) is 10.6. The van der Waals surface area contributed by atoms with Crippen molar-refractivity contribution in [2.45, 2.75) is 56.3 Å². The maximum absolute atomic E-state index is 13.7. The molecule has 43 heavy (non-hydrogen) atoms. The minimum absolute atomic E-state index is 0.0485. The van der Waals surface area contributed by atoms with Crippen molar-refractivity contribution in [1.82, 2.24) is 5.32 Å². The van der Waals surface area contributed by atoms with Gasteiger partial charge < -0.3 is 44.7 Å². The molecule has 2 atom stereocenters. The van der Waals surface area contributed by atoms with Gasteiger partial charge in [0.2, 0.25) is 5.78 Å². The molecule has 0 fully saturated rings. The Labute approximate surface area is 244 Å². The van der Waals surface area contributed by atoms with Crippen molar-refractivity contribution in [2.24, 2.45) is 0 Å². The molecule has 0 radical (unpaired) electrons. The monoisotopic (exact) mass is 643 g/mol. The first-order valence-corrected chi connectivity index (χ1v) is 16.4. The summed E-state index contributed by atoms with van der Waals surface area (Å²) in [4.78, 5) is 76.6. The van der Waals surface area contributed by atoms with E-state index in [0.29, 0.717) is 0 Å². The lowest BCUT2D eigenvalue weighted by atomic mass is 9.74. The summed E-state index contributed by atoms with van der Waals surface area (Å²) in [6.07, 6.45) is -3.03. The highest BCUT2D eigenvalue weighted by Gasteiger charge is 2.47. The average molecular weight is 643 g/mol. The molecule has 234 valence electrons. The molecule has 2 aromatic carbocycles. The summed E-state index contributed by atoms with van der Waals surface area (Å²) in [7, 11) is -8.94. The number of fused-ring (bicyclic) bond motifs is 3. The summed E-state index contributed by atoms with van der Waals surface area (Å²) in [6, 6.07) is 2.61. The van der Waals surface area contributed by atoms with E-state index < -0.39 is 91.7 Å². The van der Waals surface area contributed by atoms with Crippen molar-refractivity contribution in [3.8, 4) is 17.2 Å². The van der Waals surface area contributed by atoms with Gasteiger partial charge in [0.15, 0.2) is 17.0 Å². The fourth-order valence-electron chi connectivity index (χ4n) is 5.76. The first-order chi connectivity index (χ1) is 19.8. The SMILES string of the molecule is COc1ccc(C(C)=O)c2c1C(=O)c1c(O)c3c(c(O)c1C2=O)CC(O)(NCCCCC(P(=O)(O)O)P(=O)(O)O)CC3O. The summed E-state index contributed by atoms with van der Waals surface area (Å²) in [5.74, 6) is -4.03. The van der Waals surface area contributed by atoms with Crippen LogP contribution in [0.4, 0.5) is 0 Å². The number of unbranched alkanes of at least 4 members (excludes halogenated alkanes) is 1. The Balaban J connectivity index is 1.64. The maximum atomic E-state index is 13.7. The van der Waals surface area contributed by atoms with E-state index in [0.717, 1.165) is 0 Å². The lowest BCUT2D eigenvalue weighted by molar-refractivity contribution is -0.0491. The number of hydrogen-bond donors (Lipinski definition) is 9. The van der Waals surface area contributed by atoms with Crippen molar-refractivity contribution in [2.75, 3.05) is 13.7 Å². The Morgan fingerprint density at radius 1 is 1.00 bits per heavy atom. The summed E-state index contributed by atoms with van der Waals surface area (Å²) >= 11 is 0. The molecule has 2 aromatic rings. The van der Waals surface area contributed by atoms with Gasteiger partial charge >= 0.3 is 15.2 Å². The van der Waals surface area contributed by atoms with E-state index in [1.54, 1.807) is 0 Å². The van der Waals surface area contributed by atoms with Crippen LogP contribution in [0.3, 0.4) is 0 Å². The summed E-state index contributed by atoms with van der Waals surface area (Å²) < 4.78 is 28.1. The van der Waals surface area contributed by atoms with E-state index in [9.17, 15) is 63.5 Å². The second kappa shape index (κ2) is 11.5. The lowest BCUT2D eigenvalue weighted by Crippen LogP contribution is -2.51. The number of aliphatic hydroxyl groups excluding tert-OH is 1. The van der Waals surface area contributed by atoms with Gasteiger partial charge in [0.05, 0.1) is 29.9 Å². The quantitative estimate of drug-likeness (QED) is 0.0494. The van der Waals surface area contributed by atoms with E-state index in [1.807, 2.05) is 0 Å². The Kier molecular flexibility index (Phi) is 8.82. The number of ether oxygens (including phenoxy) is 1. The van der Waals surface area contributed by atoms with Gasteiger partial charge in [-0.05, 0) is 38.4 Å². The number of carbonyl (C=O) groups excluding carboxylic acids is 3. The number of phenolic OH excluding ortho intramolecular Hbond substituents is 2. The van der Waals surface area contributed by atoms with Gasteiger partial charge in [-0.2, -0.15) is 0 Å². The minimum atomic E-state index is -5.09. The molecule has 0 saturated heterocycles. The Morgan fingerprint density at radius 3 is 2.14 bits per heavy atom. The number of ketones is 3. The molecule has 0 heterocycles. The highest BCUT2D eigenvalue weighted by molar-refractivity contribution is 7.70. The predicted octanol–water partition coefficient (Wildman–Crippen LogP) is 1.19. The first kappa shape index (κ1) is 32.9. The van der Waals surface area contributed by atoms with Crippen molar-refractivity contribution in [1.29, 1.82) is 0 Å². The molecule has 0 aromatic heterocycles. The van der Waals surface area contributed by atoms with Crippen LogP contribution in [-0.2, 0) is 15.6 Å². The molecular formula is C26H31NO14P2. The normalized spacial score (nSPS) is 20.1. The van der Waals surface area contributed by atoms with Gasteiger partial charge in [0.1, 0.15) is 23.0 Å². The summed E-state index contributed by atoms with van der Waals surface area (Å²) in [5, 5.41) is 45.1. The predicted molar refractivity (Wildman–Crippen MR) is 148 cm³/mol. The number of aliphatic hydroxyl groups is 2. The van der Waals surface area contributed by atoms with E-state index in [4.69, 9.17) is 4.74 Å². The van der Waals surface area contributed by atoms with Crippen LogP contribution in [0.25, 0.3) is 0 Å². The van der Waals surface area contributed by atoms with Crippen LogP contribution in [0.1, 0.15) is 92.0 Å². The van der Waals surface area contributed by atoms with Gasteiger partial charge in [-0.25, -0.2) is 0 Å². The number of benzene rings is 2. The van der Waals surface area contributed by atoms with E-state index >= 15 is 0 Å². The van der Waals surface area contributed by atoms with Gasteiger partial charge in [-0.1, -0.05) is 6.42 Å². The molecule has 9 N–H and O–H groups in total. The molecular weight excluding hydrogens is 612 g/mol. The minimum Gasteiger partial charge on any atom is -0.507 e. The van der Waals surface area contributed by atoms with Crippen LogP contribution in [0, 0.1) is 0 Å². The molecule has 15 nitrogen and oxygen atoms in total. The van der Waals surface area contributed by atoms with Crippen molar-refractivity contribution >= 4 is 32.5 Å². The number of hydrogen-bond acceptors (Lipinski definition) is 11. The molecule has 0 spiro atoms. The smallest absolute Gasteiger partial charge is 0.340 e. The third kappa shape index (κ3) is 5.93. The Bertz CT molecular complexity index is 1600. The highest BCUT2D eigenvalue weighted by atomic mass is 31.2. The van der Waals surface area contributed by atoms with Crippen molar-refractivity contribution in [3.05, 3.63) is 51.1 Å². The lowest BCUT2D eigenvalue weighted by Gasteiger charge is -2.38. The van der Waals surface area contributed by atoms with Crippen LogP contribution in [0.2, 0.25) is 0 Å². The summed E-state index contributed by atoms with van der Waals surface area (Å²) in [6.45, 7) is 1.12. The fraction of sp³-hybridized carbons (Fsp3) is 0.423. The maximum Gasteiger partial charge on any atom is 0.340 e.